The van der Waals surface area contributed by atoms with Gasteiger partial charge in [-0.1, -0.05) is 29.2 Å². The summed E-state index contributed by atoms with van der Waals surface area (Å²) in [6, 6.07) is 5.68. The molecular formula is C24H28ClN3O3. The lowest BCUT2D eigenvalue weighted by Crippen LogP contribution is -2.37. The van der Waals surface area contributed by atoms with Gasteiger partial charge >= 0.3 is 0 Å². The molecule has 1 saturated heterocycles. The van der Waals surface area contributed by atoms with E-state index in [0.717, 1.165) is 62.5 Å². The van der Waals surface area contributed by atoms with Crippen molar-refractivity contribution in [1.82, 2.24) is 14.6 Å². The fourth-order valence-electron chi connectivity index (χ4n) is 5.54. The van der Waals surface area contributed by atoms with Crippen LogP contribution < -0.4 is 5.56 Å². The van der Waals surface area contributed by atoms with Crippen molar-refractivity contribution in [3.63, 3.8) is 0 Å². The van der Waals surface area contributed by atoms with Gasteiger partial charge in [-0.2, -0.15) is 0 Å². The molecule has 164 valence electrons. The van der Waals surface area contributed by atoms with Crippen molar-refractivity contribution in [2.24, 2.45) is 5.92 Å². The maximum Gasteiger partial charge on any atom is 0.264 e. The molecule has 1 aromatic carbocycles. The van der Waals surface area contributed by atoms with Crippen molar-refractivity contribution in [3.05, 3.63) is 39.3 Å². The number of likely N-dealkylation sites (tertiary alicyclic amines) is 1. The van der Waals surface area contributed by atoms with E-state index in [2.05, 4.69) is 5.16 Å². The zero-order valence-electron chi connectivity index (χ0n) is 17.9. The molecule has 0 spiro atoms. The second kappa shape index (κ2) is 8.30. The average molecular weight is 442 g/mol. The van der Waals surface area contributed by atoms with Crippen molar-refractivity contribution in [1.29, 1.82) is 0 Å². The van der Waals surface area contributed by atoms with Gasteiger partial charge in [-0.25, -0.2) is 0 Å². The van der Waals surface area contributed by atoms with Crippen LogP contribution in [-0.4, -0.2) is 33.6 Å². The SMILES string of the molecule is Cc1onc2c1c(=O)n(C1CCCC(CC(=O)N3CCCCC3)C1)c1cccc(Cl)c21. The minimum Gasteiger partial charge on any atom is -0.360 e. The number of fused-ring (bicyclic) bond motifs is 3. The largest absolute Gasteiger partial charge is 0.360 e. The molecule has 2 atom stereocenters. The minimum absolute atomic E-state index is 0.0417. The van der Waals surface area contributed by atoms with Crippen LogP contribution in [0.1, 0.15) is 63.2 Å². The number of benzene rings is 1. The summed E-state index contributed by atoms with van der Waals surface area (Å²) in [7, 11) is 0. The number of nitrogens with zero attached hydrogens (tertiary/aromatic N) is 3. The molecule has 6 nitrogen and oxygen atoms in total. The van der Waals surface area contributed by atoms with Gasteiger partial charge in [0.1, 0.15) is 16.7 Å². The molecule has 7 heteroatoms. The van der Waals surface area contributed by atoms with E-state index in [1.54, 1.807) is 6.92 Å². The van der Waals surface area contributed by atoms with E-state index in [-0.39, 0.29) is 17.5 Å². The molecule has 31 heavy (non-hydrogen) atoms. The Balaban J connectivity index is 1.50. The Morgan fingerprint density at radius 3 is 2.77 bits per heavy atom. The molecule has 2 aromatic heterocycles. The van der Waals surface area contributed by atoms with Gasteiger partial charge in [0.15, 0.2) is 0 Å². The third-order valence-corrected chi connectivity index (χ3v) is 7.39. The number of carbonyl (C=O) groups is 1. The number of hydrogen-bond acceptors (Lipinski definition) is 4. The van der Waals surface area contributed by atoms with Gasteiger partial charge < -0.3 is 14.0 Å². The summed E-state index contributed by atoms with van der Waals surface area (Å²) in [6.07, 6.45) is 7.83. The van der Waals surface area contributed by atoms with Crippen LogP contribution in [0.15, 0.2) is 27.5 Å². The molecule has 0 radical (unpaired) electrons. The van der Waals surface area contributed by atoms with Crippen molar-refractivity contribution in [3.8, 4) is 0 Å². The Hall–Kier alpha value is -2.34. The highest BCUT2D eigenvalue weighted by atomic mass is 35.5. The van der Waals surface area contributed by atoms with Gasteiger partial charge in [-0.15, -0.1) is 0 Å². The maximum absolute atomic E-state index is 13.6. The highest BCUT2D eigenvalue weighted by molar-refractivity contribution is 6.37. The Kier molecular flexibility index (Phi) is 5.51. The molecule has 5 rings (SSSR count). The van der Waals surface area contributed by atoms with E-state index in [0.29, 0.717) is 34.0 Å². The molecule has 2 aliphatic rings. The van der Waals surface area contributed by atoms with E-state index in [1.807, 2.05) is 27.7 Å². The number of carbonyl (C=O) groups excluding carboxylic acids is 1. The average Bonchev–Trinajstić information content (AvgIpc) is 3.16. The Morgan fingerprint density at radius 1 is 1.16 bits per heavy atom. The van der Waals surface area contributed by atoms with Crippen LogP contribution in [0.2, 0.25) is 5.02 Å². The third-order valence-electron chi connectivity index (χ3n) is 7.08. The standard InChI is InChI=1S/C24H28ClN3O3/c1-15-21-23(26-31-15)22-18(25)9-6-10-19(22)28(24(21)30)17-8-5-7-16(13-17)14-20(29)27-11-3-2-4-12-27/h6,9-10,16-17H,2-5,7-8,11-14H2,1H3. The number of aryl methyl sites for hydroxylation is 1. The Labute approximate surface area is 186 Å². The first-order valence-corrected chi connectivity index (χ1v) is 11.8. The monoisotopic (exact) mass is 441 g/mol. The van der Waals surface area contributed by atoms with Crippen LogP contribution in [0.4, 0.5) is 0 Å². The Bertz CT molecular complexity index is 1190. The van der Waals surface area contributed by atoms with Crippen molar-refractivity contribution in [2.45, 2.75) is 64.3 Å². The summed E-state index contributed by atoms with van der Waals surface area (Å²) >= 11 is 6.54. The molecule has 3 aromatic rings. The molecule has 1 amide bonds. The third kappa shape index (κ3) is 3.65. The van der Waals surface area contributed by atoms with Crippen LogP contribution in [0.3, 0.4) is 0 Å². The second-order valence-electron chi connectivity index (χ2n) is 9.10. The maximum atomic E-state index is 13.6. The lowest BCUT2D eigenvalue weighted by Gasteiger charge is -2.33. The van der Waals surface area contributed by atoms with Crippen molar-refractivity contribution in [2.75, 3.05) is 13.1 Å². The molecule has 3 heterocycles. The van der Waals surface area contributed by atoms with Gasteiger partial charge in [0.2, 0.25) is 5.91 Å². The summed E-state index contributed by atoms with van der Waals surface area (Å²) in [4.78, 5) is 28.4. The predicted molar refractivity (Wildman–Crippen MR) is 122 cm³/mol. The van der Waals surface area contributed by atoms with Gasteiger partial charge in [0, 0.05) is 30.9 Å². The highest BCUT2D eigenvalue weighted by Gasteiger charge is 2.30. The number of hydrogen-bond donors (Lipinski definition) is 0. The molecule has 0 bridgehead atoms. The number of halogens is 1. The van der Waals surface area contributed by atoms with Gasteiger partial charge in [0.25, 0.3) is 5.56 Å². The summed E-state index contributed by atoms with van der Waals surface area (Å²) < 4.78 is 7.26. The van der Waals surface area contributed by atoms with E-state index < -0.39 is 0 Å². The van der Waals surface area contributed by atoms with Gasteiger partial charge in [0.05, 0.1) is 10.5 Å². The van der Waals surface area contributed by atoms with Crippen molar-refractivity contribution < 1.29 is 9.32 Å². The lowest BCUT2D eigenvalue weighted by atomic mass is 9.83. The number of piperidine rings is 1. The zero-order chi connectivity index (χ0) is 21.5. The minimum atomic E-state index is -0.0727. The van der Waals surface area contributed by atoms with Crippen LogP contribution in [0.25, 0.3) is 21.8 Å². The number of amides is 1. The lowest BCUT2D eigenvalue weighted by molar-refractivity contribution is -0.133. The first-order valence-electron chi connectivity index (χ1n) is 11.4. The molecule has 2 fully saturated rings. The highest BCUT2D eigenvalue weighted by Crippen LogP contribution is 2.38. The number of pyridine rings is 1. The van der Waals surface area contributed by atoms with E-state index >= 15 is 0 Å². The zero-order valence-corrected chi connectivity index (χ0v) is 18.7. The molecule has 1 aliphatic carbocycles. The van der Waals surface area contributed by atoms with Crippen molar-refractivity contribution >= 4 is 39.3 Å². The van der Waals surface area contributed by atoms with Crippen LogP contribution in [0, 0.1) is 12.8 Å². The molecule has 0 N–H and O–H groups in total. The summed E-state index contributed by atoms with van der Waals surface area (Å²) in [5.41, 5.74) is 1.26. The fourth-order valence-corrected chi connectivity index (χ4v) is 5.80. The second-order valence-corrected chi connectivity index (χ2v) is 9.51. The van der Waals surface area contributed by atoms with Crippen LogP contribution in [-0.2, 0) is 4.79 Å². The topological polar surface area (TPSA) is 68.3 Å². The number of rotatable bonds is 3. The molecule has 2 unspecified atom stereocenters. The predicted octanol–water partition coefficient (Wildman–Crippen LogP) is 5.24. The first kappa shape index (κ1) is 20.6. The van der Waals surface area contributed by atoms with Crippen LogP contribution in [0.5, 0.6) is 0 Å². The number of aromatic nitrogens is 2. The summed E-state index contributed by atoms with van der Waals surface area (Å²) in [5.74, 6) is 1.09. The Morgan fingerprint density at radius 2 is 1.97 bits per heavy atom. The molecular weight excluding hydrogens is 414 g/mol. The van der Waals surface area contributed by atoms with Gasteiger partial charge in [-0.05, 0) is 63.5 Å². The van der Waals surface area contributed by atoms with E-state index in [1.165, 1.54) is 6.42 Å². The van der Waals surface area contributed by atoms with Gasteiger partial charge in [-0.3, -0.25) is 9.59 Å². The quantitative estimate of drug-likeness (QED) is 0.557. The first-order chi connectivity index (χ1) is 15.0. The fraction of sp³-hybridized carbons (Fsp3) is 0.542. The molecule has 1 saturated carbocycles. The summed E-state index contributed by atoms with van der Waals surface area (Å²) in [6.45, 7) is 3.55. The normalized spacial score (nSPS) is 22.3. The summed E-state index contributed by atoms with van der Waals surface area (Å²) in [5, 5.41) is 5.98. The van der Waals surface area contributed by atoms with E-state index in [4.69, 9.17) is 16.1 Å². The van der Waals surface area contributed by atoms with Crippen LogP contribution >= 0.6 is 11.6 Å². The smallest absolute Gasteiger partial charge is 0.264 e. The van der Waals surface area contributed by atoms with E-state index in [9.17, 15) is 9.59 Å². The molecule has 1 aliphatic heterocycles.